The monoisotopic (exact) mass is 296 g/mol. The molecule has 0 radical (unpaired) electrons. The summed E-state index contributed by atoms with van der Waals surface area (Å²) >= 11 is 11.5. The summed E-state index contributed by atoms with van der Waals surface area (Å²) in [6.45, 7) is 0. The molecule has 0 fully saturated rings. The van der Waals surface area contributed by atoms with E-state index in [9.17, 15) is 8.42 Å². The van der Waals surface area contributed by atoms with Crippen molar-refractivity contribution in [2.75, 3.05) is 35.4 Å². The van der Waals surface area contributed by atoms with Crippen molar-refractivity contribution in [1.82, 2.24) is 0 Å². The molecular formula is C10H14Cl2N2O2S. The van der Waals surface area contributed by atoms with Gasteiger partial charge in [0.05, 0.1) is 22.2 Å². The molecule has 0 bridgehead atoms. The van der Waals surface area contributed by atoms with Crippen LogP contribution in [0.25, 0.3) is 0 Å². The Bertz CT molecular complexity index is 489. The van der Waals surface area contributed by atoms with Crippen LogP contribution in [0, 0.1) is 0 Å². The van der Waals surface area contributed by atoms with Gasteiger partial charge in [0, 0.05) is 20.0 Å². The minimum absolute atomic E-state index is 0.0488. The maximum Gasteiger partial charge on any atom is 0.233 e. The van der Waals surface area contributed by atoms with E-state index in [1.807, 2.05) is 0 Å². The fourth-order valence-corrected chi connectivity index (χ4v) is 3.13. The van der Waals surface area contributed by atoms with Gasteiger partial charge in [-0.15, -0.1) is 11.6 Å². The highest BCUT2D eigenvalue weighted by atomic mass is 35.5. The largest absolute Gasteiger partial charge is 0.375 e. The zero-order valence-electron chi connectivity index (χ0n) is 9.57. The van der Waals surface area contributed by atoms with Crippen LogP contribution >= 0.6 is 23.2 Å². The van der Waals surface area contributed by atoms with E-state index in [4.69, 9.17) is 23.2 Å². The van der Waals surface area contributed by atoms with Gasteiger partial charge in [-0.3, -0.25) is 4.72 Å². The first-order valence-corrected chi connectivity index (χ1v) is 7.46. The number of benzene rings is 1. The van der Waals surface area contributed by atoms with Crippen LogP contribution < -0.4 is 9.62 Å². The molecule has 1 aromatic carbocycles. The van der Waals surface area contributed by atoms with Gasteiger partial charge in [0.25, 0.3) is 0 Å². The Balaban J connectivity index is 3.11. The summed E-state index contributed by atoms with van der Waals surface area (Å²) in [5, 5.41) is 0.487. The lowest BCUT2D eigenvalue weighted by atomic mass is 10.2. The molecule has 7 heteroatoms. The summed E-state index contributed by atoms with van der Waals surface area (Å²) in [5.74, 6) is -0.0822. The highest BCUT2D eigenvalue weighted by Gasteiger charge is 2.15. The Hall–Kier alpha value is -0.650. The molecule has 0 spiro atoms. The topological polar surface area (TPSA) is 49.4 Å². The van der Waals surface area contributed by atoms with E-state index in [0.29, 0.717) is 16.4 Å². The predicted octanol–water partition coefficient (Wildman–Crippen LogP) is 2.39. The number of nitrogens with zero attached hydrogens (tertiary/aromatic N) is 1. The second-order valence-corrected chi connectivity index (χ2v) is 6.27. The van der Waals surface area contributed by atoms with Crippen molar-refractivity contribution in [1.29, 1.82) is 0 Å². The van der Waals surface area contributed by atoms with Crippen LogP contribution in [0.15, 0.2) is 18.2 Å². The fourth-order valence-electron chi connectivity index (χ4n) is 1.37. The average Bonchev–Trinajstić information content (AvgIpc) is 2.15. The standard InChI is InChI=1S/C10H14Cl2N2O2S/c1-14(2)10-8(12)4-3-5-9(10)13-17(15,16)7-6-11/h3-5,13H,6-7H2,1-2H3. The van der Waals surface area contributed by atoms with Gasteiger partial charge in [0.2, 0.25) is 10.0 Å². The van der Waals surface area contributed by atoms with Gasteiger partial charge in [0.15, 0.2) is 0 Å². The van der Waals surface area contributed by atoms with E-state index in [1.165, 1.54) is 0 Å². The normalized spacial score (nSPS) is 11.3. The van der Waals surface area contributed by atoms with E-state index in [1.54, 1.807) is 37.2 Å². The van der Waals surface area contributed by atoms with Gasteiger partial charge in [-0.2, -0.15) is 0 Å². The number of halogens is 2. The van der Waals surface area contributed by atoms with Crippen molar-refractivity contribution >= 4 is 44.6 Å². The summed E-state index contributed by atoms with van der Waals surface area (Å²) in [6.07, 6.45) is 0. The number of anilines is 2. The van der Waals surface area contributed by atoms with Crippen molar-refractivity contribution in [2.45, 2.75) is 0 Å². The third kappa shape index (κ3) is 3.94. The smallest absolute Gasteiger partial charge is 0.233 e. The third-order valence-corrected chi connectivity index (χ3v) is 4.04. The lowest BCUT2D eigenvalue weighted by Gasteiger charge is -2.19. The minimum atomic E-state index is -3.42. The molecule has 0 aliphatic carbocycles. The molecule has 1 rings (SSSR count). The molecule has 0 amide bonds. The van der Waals surface area contributed by atoms with E-state index >= 15 is 0 Å². The van der Waals surface area contributed by atoms with Crippen LogP contribution in [0.1, 0.15) is 0 Å². The molecular weight excluding hydrogens is 283 g/mol. The third-order valence-electron chi connectivity index (χ3n) is 2.05. The first-order chi connectivity index (χ1) is 7.87. The van der Waals surface area contributed by atoms with E-state index < -0.39 is 10.0 Å². The lowest BCUT2D eigenvalue weighted by Crippen LogP contribution is -2.20. The van der Waals surface area contributed by atoms with Crippen LogP contribution in [0.2, 0.25) is 5.02 Å². The quantitative estimate of drug-likeness (QED) is 0.849. The summed E-state index contributed by atoms with van der Waals surface area (Å²) in [6, 6.07) is 5.05. The molecule has 96 valence electrons. The Labute approximate surface area is 112 Å². The SMILES string of the molecule is CN(C)c1c(Cl)cccc1NS(=O)(=O)CCCl. The minimum Gasteiger partial charge on any atom is -0.375 e. The number of sulfonamides is 1. The number of alkyl halides is 1. The lowest BCUT2D eigenvalue weighted by molar-refractivity contribution is 0.602. The predicted molar refractivity (Wildman–Crippen MR) is 73.9 cm³/mol. The highest BCUT2D eigenvalue weighted by Crippen LogP contribution is 2.32. The first-order valence-electron chi connectivity index (χ1n) is 4.89. The molecule has 0 unspecified atom stereocenters. The number of nitrogens with one attached hydrogen (secondary N) is 1. The molecule has 0 heterocycles. The number of hydrogen-bond donors (Lipinski definition) is 1. The Morgan fingerprint density at radius 1 is 1.35 bits per heavy atom. The Kier molecular flexibility index (Phi) is 4.91. The zero-order valence-corrected chi connectivity index (χ0v) is 11.9. The second kappa shape index (κ2) is 5.80. The van der Waals surface area contributed by atoms with Crippen molar-refractivity contribution in [3.05, 3.63) is 23.2 Å². The van der Waals surface area contributed by atoms with E-state index in [0.717, 1.165) is 0 Å². The fraction of sp³-hybridized carbons (Fsp3) is 0.400. The molecule has 0 aliphatic rings. The first kappa shape index (κ1) is 14.4. The van der Waals surface area contributed by atoms with Crippen molar-refractivity contribution in [3.63, 3.8) is 0 Å². The Morgan fingerprint density at radius 3 is 2.53 bits per heavy atom. The molecule has 1 aromatic rings. The van der Waals surface area contributed by atoms with Gasteiger partial charge in [0.1, 0.15) is 0 Å². The van der Waals surface area contributed by atoms with Crippen LogP contribution in [-0.4, -0.2) is 34.1 Å². The van der Waals surface area contributed by atoms with Gasteiger partial charge in [-0.25, -0.2) is 8.42 Å². The van der Waals surface area contributed by atoms with Crippen LogP contribution in [0.3, 0.4) is 0 Å². The maximum atomic E-state index is 11.6. The maximum absolute atomic E-state index is 11.6. The van der Waals surface area contributed by atoms with Crippen LogP contribution in [0.5, 0.6) is 0 Å². The molecule has 0 atom stereocenters. The zero-order chi connectivity index (χ0) is 13.1. The van der Waals surface area contributed by atoms with Crippen molar-refractivity contribution < 1.29 is 8.42 Å². The molecule has 0 saturated heterocycles. The summed E-state index contributed by atoms with van der Waals surface area (Å²) in [5.41, 5.74) is 1.08. The number of para-hydroxylation sites is 1. The van der Waals surface area contributed by atoms with Crippen molar-refractivity contribution in [3.8, 4) is 0 Å². The van der Waals surface area contributed by atoms with E-state index in [2.05, 4.69) is 4.72 Å². The van der Waals surface area contributed by atoms with Gasteiger partial charge >= 0.3 is 0 Å². The highest BCUT2D eigenvalue weighted by molar-refractivity contribution is 7.92. The molecule has 0 aromatic heterocycles. The molecule has 4 nitrogen and oxygen atoms in total. The van der Waals surface area contributed by atoms with Gasteiger partial charge in [-0.05, 0) is 12.1 Å². The molecule has 0 saturated carbocycles. The summed E-state index contributed by atoms with van der Waals surface area (Å²) in [4.78, 5) is 1.75. The summed E-state index contributed by atoms with van der Waals surface area (Å²) in [7, 11) is 0.160. The average molecular weight is 297 g/mol. The van der Waals surface area contributed by atoms with Crippen LogP contribution in [-0.2, 0) is 10.0 Å². The Morgan fingerprint density at radius 2 is 2.00 bits per heavy atom. The second-order valence-electron chi connectivity index (χ2n) is 3.64. The molecule has 0 aliphatic heterocycles. The van der Waals surface area contributed by atoms with Crippen molar-refractivity contribution in [2.24, 2.45) is 0 Å². The van der Waals surface area contributed by atoms with E-state index in [-0.39, 0.29) is 11.6 Å². The van der Waals surface area contributed by atoms with Gasteiger partial charge < -0.3 is 4.90 Å². The molecule has 1 N–H and O–H groups in total. The van der Waals surface area contributed by atoms with Gasteiger partial charge in [-0.1, -0.05) is 17.7 Å². The molecule has 17 heavy (non-hydrogen) atoms. The van der Waals surface area contributed by atoms with Crippen LogP contribution in [0.4, 0.5) is 11.4 Å². The summed E-state index contributed by atoms with van der Waals surface area (Å²) < 4.78 is 25.7. The number of hydrogen-bond acceptors (Lipinski definition) is 3. The number of rotatable bonds is 5.